The predicted molar refractivity (Wildman–Crippen MR) is 146 cm³/mol. The molecule has 0 saturated heterocycles. The zero-order chi connectivity index (χ0) is 26.0. The quantitative estimate of drug-likeness (QED) is 0.222. The van der Waals surface area contributed by atoms with Crippen molar-refractivity contribution in [3.05, 3.63) is 73.9 Å². The lowest BCUT2D eigenvalue weighted by Crippen LogP contribution is -2.36. The molecule has 0 amide bonds. The zero-order valence-electron chi connectivity index (χ0n) is 22.0. The summed E-state index contributed by atoms with van der Waals surface area (Å²) < 4.78 is 12.2. The van der Waals surface area contributed by atoms with Crippen molar-refractivity contribution in [2.75, 3.05) is 0 Å². The van der Waals surface area contributed by atoms with Crippen molar-refractivity contribution in [3.63, 3.8) is 0 Å². The lowest BCUT2D eigenvalue weighted by atomic mass is 10.0. The van der Waals surface area contributed by atoms with Gasteiger partial charge in [-0.05, 0) is 77.3 Å². The van der Waals surface area contributed by atoms with Crippen LogP contribution in [0.1, 0.15) is 58.8 Å². The average Bonchev–Trinajstić information content (AvgIpc) is 3.53. The molecule has 0 atom stereocenters. The first kappa shape index (κ1) is 26.3. The molecule has 4 aromatic rings. The number of ketones is 1. The molecule has 0 aliphatic carbocycles. The molecule has 36 heavy (non-hydrogen) atoms. The van der Waals surface area contributed by atoms with Gasteiger partial charge >= 0.3 is 0 Å². The SMILES string of the molecule is CC(=O)C(C)(C)Oc1c(C)cc(CN(Cc2nccs2)Cc2nc(-c3ccc(C)s3)oc2C)cc1C. The van der Waals surface area contributed by atoms with Crippen molar-refractivity contribution < 1.29 is 13.9 Å². The molecule has 0 spiro atoms. The Balaban J connectivity index is 1.58. The zero-order valence-corrected chi connectivity index (χ0v) is 23.6. The molecule has 0 bridgehead atoms. The molecule has 6 nitrogen and oxygen atoms in total. The molecule has 4 rings (SSSR count). The van der Waals surface area contributed by atoms with Gasteiger partial charge in [-0.2, -0.15) is 0 Å². The number of nitrogens with zero attached hydrogens (tertiary/aromatic N) is 3. The number of thiophene rings is 1. The van der Waals surface area contributed by atoms with Crippen molar-refractivity contribution >= 4 is 28.5 Å². The highest BCUT2D eigenvalue weighted by Gasteiger charge is 2.27. The summed E-state index contributed by atoms with van der Waals surface area (Å²) in [7, 11) is 0. The van der Waals surface area contributed by atoms with Gasteiger partial charge < -0.3 is 9.15 Å². The van der Waals surface area contributed by atoms with Gasteiger partial charge in [0.25, 0.3) is 0 Å². The standard InChI is InChI=1S/C28H33N3O3S2/c1-17-12-22(13-18(2)26(17)34-28(6,7)21(5)32)14-31(16-25-29-10-11-35-25)15-23-20(4)33-27(30-23)24-9-8-19(3)36-24/h8-13H,14-16H2,1-7H3. The normalized spacial score (nSPS) is 11.9. The molecule has 0 aliphatic heterocycles. The summed E-state index contributed by atoms with van der Waals surface area (Å²) in [4.78, 5) is 26.0. The molecule has 0 fully saturated rings. The Bertz CT molecular complexity index is 1330. The van der Waals surface area contributed by atoms with Gasteiger partial charge in [0.05, 0.1) is 17.1 Å². The largest absolute Gasteiger partial charge is 0.480 e. The molecule has 1 aromatic carbocycles. The number of aromatic nitrogens is 2. The van der Waals surface area contributed by atoms with Crippen LogP contribution in [0.5, 0.6) is 5.75 Å². The van der Waals surface area contributed by atoms with Crippen LogP contribution in [-0.4, -0.2) is 26.3 Å². The van der Waals surface area contributed by atoms with E-state index in [2.05, 4.69) is 41.1 Å². The first-order valence-electron chi connectivity index (χ1n) is 12.0. The number of hydrogen-bond acceptors (Lipinski definition) is 8. The van der Waals surface area contributed by atoms with E-state index in [1.807, 2.05) is 46.2 Å². The third kappa shape index (κ3) is 6.11. The van der Waals surface area contributed by atoms with Crippen LogP contribution >= 0.6 is 22.7 Å². The van der Waals surface area contributed by atoms with Gasteiger partial charge in [0.2, 0.25) is 5.89 Å². The van der Waals surface area contributed by atoms with Crippen LogP contribution < -0.4 is 4.74 Å². The van der Waals surface area contributed by atoms with Crippen LogP contribution in [0.25, 0.3) is 10.8 Å². The number of benzene rings is 1. The maximum Gasteiger partial charge on any atom is 0.236 e. The van der Waals surface area contributed by atoms with E-state index < -0.39 is 5.60 Å². The second kappa shape index (κ2) is 10.7. The van der Waals surface area contributed by atoms with Crippen molar-refractivity contribution in [1.29, 1.82) is 0 Å². The van der Waals surface area contributed by atoms with Crippen molar-refractivity contribution in [3.8, 4) is 16.5 Å². The van der Waals surface area contributed by atoms with Crippen molar-refractivity contribution in [1.82, 2.24) is 14.9 Å². The topological polar surface area (TPSA) is 68.5 Å². The van der Waals surface area contributed by atoms with E-state index in [4.69, 9.17) is 14.1 Å². The number of aryl methyl sites for hydroxylation is 4. The smallest absolute Gasteiger partial charge is 0.236 e. The number of carbonyl (C=O) groups excluding carboxylic acids is 1. The summed E-state index contributed by atoms with van der Waals surface area (Å²) in [5.74, 6) is 2.28. The number of carbonyl (C=O) groups is 1. The van der Waals surface area contributed by atoms with Gasteiger partial charge in [0.1, 0.15) is 16.5 Å². The van der Waals surface area contributed by atoms with Crippen molar-refractivity contribution in [2.45, 2.75) is 73.7 Å². The molecule has 0 aliphatic rings. The molecular formula is C28H33N3O3S2. The van der Waals surface area contributed by atoms with E-state index in [0.29, 0.717) is 19.0 Å². The third-order valence-electron chi connectivity index (χ3n) is 6.19. The minimum Gasteiger partial charge on any atom is -0.480 e. The number of oxazole rings is 1. The monoisotopic (exact) mass is 523 g/mol. The summed E-state index contributed by atoms with van der Waals surface area (Å²) in [6.45, 7) is 15.4. The number of rotatable bonds is 10. The number of thiazole rings is 1. The molecule has 3 aromatic heterocycles. The molecule has 8 heteroatoms. The summed E-state index contributed by atoms with van der Waals surface area (Å²) in [6.07, 6.45) is 1.84. The lowest BCUT2D eigenvalue weighted by molar-refractivity contribution is -0.129. The summed E-state index contributed by atoms with van der Waals surface area (Å²) >= 11 is 3.34. The van der Waals surface area contributed by atoms with Crippen LogP contribution in [0.3, 0.4) is 0 Å². The fraction of sp³-hybridized carbons (Fsp3) is 0.393. The highest BCUT2D eigenvalue weighted by molar-refractivity contribution is 7.15. The Morgan fingerprint density at radius 2 is 1.81 bits per heavy atom. The number of ether oxygens (including phenoxy) is 1. The Labute approximate surface area is 221 Å². The highest BCUT2D eigenvalue weighted by atomic mass is 32.1. The van der Waals surface area contributed by atoms with Gasteiger partial charge in [0, 0.05) is 29.5 Å². The predicted octanol–water partition coefficient (Wildman–Crippen LogP) is 7.04. The number of Topliss-reactive ketones (excluding diaryl/α,β-unsaturated/α-hetero) is 1. The minimum absolute atomic E-state index is 0.0000552. The Hall–Kier alpha value is -2.81. The lowest BCUT2D eigenvalue weighted by Gasteiger charge is -2.27. The minimum atomic E-state index is -0.864. The second-order valence-corrected chi connectivity index (χ2v) is 12.0. The summed E-state index contributed by atoms with van der Waals surface area (Å²) in [5.41, 5.74) is 3.27. The molecular weight excluding hydrogens is 490 g/mol. The van der Waals surface area contributed by atoms with Gasteiger partial charge in [-0.1, -0.05) is 12.1 Å². The fourth-order valence-corrected chi connectivity index (χ4v) is 5.46. The van der Waals surface area contributed by atoms with Crippen LogP contribution in [0, 0.1) is 27.7 Å². The first-order valence-corrected chi connectivity index (χ1v) is 13.7. The summed E-state index contributed by atoms with van der Waals surface area (Å²) in [6, 6.07) is 8.43. The summed E-state index contributed by atoms with van der Waals surface area (Å²) in [5, 5.41) is 3.06. The maximum absolute atomic E-state index is 12.0. The van der Waals surface area contributed by atoms with Crippen LogP contribution in [0.4, 0.5) is 0 Å². The average molecular weight is 524 g/mol. The van der Waals surface area contributed by atoms with E-state index in [1.165, 1.54) is 10.4 Å². The second-order valence-electron chi connectivity index (χ2n) is 9.73. The molecule has 0 saturated carbocycles. The van der Waals surface area contributed by atoms with Crippen LogP contribution in [0.15, 0.2) is 40.3 Å². The first-order chi connectivity index (χ1) is 17.0. The molecule has 190 valence electrons. The molecule has 0 N–H and O–H groups in total. The van der Waals surface area contributed by atoms with Crippen molar-refractivity contribution in [2.24, 2.45) is 0 Å². The van der Waals surface area contributed by atoms with E-state index in [1.54, 1.807) is 29.6 Å². The fourth-order valence-electron chi connectivity index (χ4n) is 4.01. The van der Waals surface area contributed by atoms with E-state index in [0.717, 1.165) is 44.8 Å². The number of hydrogen-bond donors (Lipinski definition) is 0. The van der Waals surface area contributed by atoms with Gasteiger partial charge in [-0.3, -0.25) is 9.69 Å². The van der Waals surface area contributed by atoms with Crippen LogP contribution in [0.2, 0.25) is 0 Å². The van der Waals surface area contributed by atoms with Gasteiger partial charge in [-0.15, -0.1) is 22.7 Å². The van der Waals surface area contributed by atoms with Gasteiger partial charge in [0.15, 0.2) is 11.4 Å². The maximum atomic E-state index is 12.0. The molecule has 0 radical (unpaired) electrons. The molecule has 0 unspecified atom stereocenters. The Morgan fingerprint density at radius 1 is 1.08 bits per heavy atom. The van der Waals surface area contributed by atoms with Crippen LogP contribution in [-0.2, 0) is 24.4 Å². The Morgan fingerprint density at radius 3 is 2.39 bits per heavy atom. The Kier molecular flexibility index (Phi) is 7.78. The molecule has 3 heterocycles. The van der Waals surface area contributed by atoms with E-state index >= 15 is 0 Å². The highest BCUT2D eigenvalue weighted by Crippen LogP contribution is 2.31. The van der Waals surface area contributed by atoms with E-state index in [9.17, 15) is 4.79 Å². The van der Waals surface area contributed by atoms with E-state index in [-0.39, 0.29) is 5.78 Å². The third-order valence-corrected chi connectivity index (χ3v) is 7.94. The van der Waals surface area contributed by atoms with Gasteiger partial charge in [-0.25, -0.2) is 9.97 Å².